The van der Waals surface area contributed by atoms with Gasteiger partial charge in [-0.1, -0.05) is 13.0 Å². The molecular formula is C24H28O8. The molecule has 1 heterocycles. The van der Waals surface area contributed by atoms with Crippen LogP contribution in [0.3, 0.4) is 0 Å². The number of fused-ring (bicyclic) bond motifs is 3. The molecule has 32 heavy (non-hydrogen) atoms. The fraction of sp³-hybridized carbons (Fsp3) is 0.500. The molecule has 1 fully saturated rings. The van der Waals surface area contributed by atoms with Gasteiger partial charge in [0.25, 0.3) is 0 Å². The minimum atomic E-state index is -1.51. The lowest BCUT2D eigenvalue weighted by molar-refractivity contribution is -0.181. The Morgan fingerprint density at radius 2 is 2.00 bits per heavy atom. The number of hydrogen-bond donors (Lipinski definition) is 0. The number of ketones is 1. The molecule has 172 valence electrons. The number of benzene rings is 1. The molecule has 5 atom stereocenters. The summed E-state index contributed by atoms with van der Waals surface area (Å²) in [4.78, 5) is 26.0. The SMILES string of the molecule is C=CC[C@]12C=C(OC)C(=O)[C@](OC)([C@H](c3cc(OC)c4c(c3)OCO4)[C@H]1C)[C@@H]2OC(C)=O. The topological polar surface area (TPSA) is 89.5 Å². The summed E-state index contributed by atoms with van der Waals surface area (Å²) in [6.07, 6.45) is 3.11. The molecule has 0 N–H and O–H groups in total. The van der Waals surface area contributed by atoms with E-state index in [0.29, 0.717) is 23.7 Å². The van der Waals surface area contributed by atoms with Crippen molar-refractivity contribution >= 4 is 11.8 Å². The fourth-order valence-electron chi connectivity index (χ4n) is 5.76. The van der Waals surface area contributed by atoms with Crippen LogP contribution >= 0.6 is 0 Å². The van der Waals surface area contributed by atoms with Crippen LogP contribution in [0.15, 0.2) is 36.6 Å². The predicted octanol–water partition coefficient (Wildman–Crippen LogP) is 3.15. The van der Waals surface area contributed by atoms with Crippen molar-refractivity contribution in [1.29, 1.82) is 0 Å². The third kappa shape index (κ3) is 2.78. The lowest BCUT2D eigenvalue weighted by atomic mass is 9.69. The van der Waals surface area contributed by atoms with Gasteiger partial charge in [0.05, 0.1) is 14.2 Å². The first-order valence-corrected chi connectivity index (χ1v) is 10.4. The molecule has 0 radical (unpaired) electrons. The minimum Gasteiger partial charge on any atom is -0.493 e. The van der Waals surface area contributed by atoms with E-state index in [0.717, 1.165) is 5.56 Å². The van der Waals surface area contributed by atoms with Crippen molar-refractivity contribution in [2.75, 3.05) is 28.1 Å². The largest absolute Gasteiger partial charge is 0.493 e. The van der Waals surface area contributed by atoms with Crippen LogP contribution in [0.1, 0.15) is 31.7 Å². The maximum Gasteiger partial charge on any atom is 0.303 e. The van der Waals surface area contributed by atoms with Crippen LogP contribution in [0.2, 0.25) is 0 Å². The lowest BCUT2D eigenvalue weighted by Gasteiger charge is -2.43. The number of Topliss-reactive ketones (excluding diaryl/α,β-unsaturated/α-hetero) is 1. The van der Waals surface area contributed by atoms with E-state index >= 15 is 0 Å². The minimum absolute atomic E-state index is 0.0789. The Labute approximate surface area is 187 Å². The van der Waals surface area contributed by atoms with Crippen molar-refractivity contribution < 1.29 is 38.0 Å². The van der Waals surface area contributed by atoms with Crippen molar-refractivity contribution in [2.45, 2.75) is 37.9 Å². The van der Waals surface area contributed by atoms with Crippen LogP contribution in [0, 0.1) is 11.3 Å². The van der Waals surface area contributed by atoms with Gasteiger partial charge in [-0.15, -0.1) is 6.58 Å². The van der Waals surface area contributed by atoms with E-state index in [1.807, 2.05) is 19.1 Å². The number of carbonyl (C=O) groups excluding carboxylic acids is 2. The Bertz CT molecular complexity index is 998. The van der Waals surface area contributed by atoms with Crippen LogP contribution in [0.25, 0.3) is 0 Å². The normalized spacial score (nSPS) is 32.3. The number of hydrogen-bond acceptors (Lipinski definition) is 8. The molecule has 1 saturated carbocycles. The Morgan fingerprint density at radius 1 is 1.25 bits per heavy atom. The van der Waals surface area contributed by atoms with Gasteiger partial charge in [-0.25, -0.2) is 0 Å². The quantitative estimate of drug-likeness (QED) is 0.468. The van der Waals surface area contributed by atoms with Gasteiger partial charge in [-0.05, 0) is 36.1 Å². The van der Waals surface area contributed by atoms with Crippen molar-refractivity contribution in [3.05, 3.63) is 42.2 Å². The number of allylic oxidation sites excluding steroid dienone is 1. The second-order valence-electron chi connectivity index (χ2n) is 8.36. The summed E-state index contributed by atoms with van der Waals surface area (Å²) < 4.78 is 34.0. The van der Waals surface area contributed by atoms with E-state index in [2.05, 4.69) is 6.58 Å². The Kier molecular flexibility index (Phi) is 5.45. The zero-order chi connectivity index (χ0) is 23.3. The number of methoxy groups -OCH3 is 3. The summed E-state index contributed by atoms with van der Waals surface area (Å²) in [6.45, 7) is 7.34. The zero-order valence-electron chi connectivity index (χ0n) is 18.9. The number of ether oxygens (including phenoxy) is 6. The summed E-state index contributed by atoms with van der Waals surface area (Å²) >= 11 is 0. The Hall–Kier alpha value is -3.00. The maximum atomic E-state index is 13.8. The van der Waals surface area contributed by atoms with Gasteiger partial charge < -0.3 is 28.4 Å². The summed E-state index contributed by atoms with van der Waals surface area (Å²) in [5, 5.41) is 0. The average molecular weight is 444 g/mol. The van der Waals surface area contributed by atoms with Gasteiger partial charge in [0, 0.05) is 25.4 Å². The highest BCUT2D eigenvalue weighted by molar-refractivity contribution is 6.04. The molecule has 2 bridgehead atoms. The second kappa shape index (κ2) is 7.85. The first kappa shape index (κ1) is 22.2. The monoisotopic (exact) mass is 444 g/mol. The molecule has 0 amide bonds. The summed E-state index contributed by atoms with van der Waals surface area (Å²) in [5.41, 5.74) is -1.52. The number of rotatable bonds is 7. The third-order valence-electron chi connectivity index (χ3n) is 7.05. The zero-order valence-corrected chi connectivity index (χ0v) is 18.9. The van der Waals surface area contributed by atoms with Gasteiger partial charge in [-0.2, -0.15) is 0 Å². The Balaban J connectivity index is 2.00. The van der Waals surface area contributed by atoms with E-state index in [4.69, 9.17) is 28.4 Å². The maximum absolute atomic E-state index is 13.8. The van der Waals surface area contributed by atoms with Crippen LogP contribution in [-0.4, -0.2) is 51.6 Å². The van der Waals surface area contributed by atoms with Crippen LogP contribution in [0.5, 0.6) is 17.2 Å². The molecule has 0 spiro atoms. The number of esters is 1. The molecule has 8 heteroatoms. The molecular weight excluding hydrogens is 416 g/mol. The molecule has 1 aliphatic heterocycles. The highest BCUT2D eigenvalue weighted by Gasteiger charge is 2.74. The van der Waals surface area contributed by atoms with Crippen LogP contribution < -0.4 is 14.2 Å². The highest BCUT2D eigenvalue weighted by Crippen LogP contribution is 2.65. The Morgan fingerprint density at radius 3 is 2.59 bits per heavy atom. The molecule has 0 unspecified atom stereocenters. The average Bonchev–Trinajstić information content (AvgIpc) is 3.30. The summed E-state index contributed by atoms with van der Waals surface area (Å²) in [5.74, 6) is 0.123. The molecule has 3 aliphatic rings. The summed E-state index contributed by atoms with van der Waals surface area (Å²) in [6, 6.07) is 3.65. The number of carbonyl (C=O) groups is 2. The van der Waals surface area contributed by atoms with E-state index in [1.165, 1.54) is 21.1 Å². The van der Waals surface area contributed by atoms with Crippen LogP contribution in [-0.2, 0) is 23.8 Å². The first-order chi connectivity index (χ1) is 15.3. The smallest absolute Gasteiger partial charge is 0.303 e. The van der Waals surface area contributed by atoms with Crippen molar-refractivity contribution in [2.24, 2.45) is 11.3 Å². The fourth-order valence-corrected chi connectivity index (χ4v) is 5.76. The van der Waals surface area contributed by atoms with E-state index < -0.39 is 29.0 Å². The molecule has 1 aromatic carbocycles. The molecule has 2 aliphatic carbocycles. The lowest BCUT2D eigenvalue weighted by Crippen LogP contribution is -2.59. The standard InChI is InChI=1S/C24H28O8/c1-7-8-23-11-18(28-5)21(26)24(29-6,22(23)32-14(3)25)19(13(23)2)15-9-16(27-4)20-17(10-15)30-12-31-20/h7,9-11,13,19,22H,1,8,12H2,2-6H3/t13-,19+,22-,23+,24-/m1/s1. The molecule has 0 aromatic heterocycles. The van der Waals surface area contributed by atoms with Crippen molar-refractivity contribution in [3.8, 4) is 17.2 Å². The van der Waals surface area contributed by atoms with Crippen LogP contribution in [0.4, 0.5) is 0 Å². The molecule has 0 saturated heterocycles. The third-order valence-corrected chi connectivity index (χ3v) is 7.05. The predicted molar refractivity (Wildman–Crippen MR) is 114 cm³/mol. The van der Waals surface area contributed by atoms with E-state index in [1.54, 1.807) is 19.3 Å². The molecule has 1 aromatic rings. The first-order valence-electron chi connectivity index (χ1n) is 10.4. The second-order valence-corrected chi connectivity index (χ2v) is 8.36. The molecule has 8 nitrogen and oxygen atoms in total. The van der Waals surface area contributed by atoms with Gasteiger partial charge in [-0.3, -0.25) is 9.59 Å². The highest BCUT2D eigenvalue weighted by atomic mass is 16.7. The molecule has 4 rings (SSSR count). The van der Waals surface area contributed by atoms with E-state index in [-0.39, 0.29) is 24.3 Å². The van der Waals surface area contributed by atoms with Crippen molar-refractivity contribution in [3.63, 3.8) is 0 Å². The van der Waals surface area contributed by atoms with Gasteiger partial charge in [0.2, 0.25) is 18.3 Å². The van der Waals surface area contributed by atoms with E-state index in [9.17, 15) is 9.59 Å². The van der Waals surface area contributed by atoms with Crippen molar-refractivity contribution in [1.82, 2.24) is 0 Å². The van der Waals surface area contributed by atoms with Gasteiger partial charge in [0.15, 0.2) is 22.9 Å². The van der Waals surface area contributed by atoms with Gasteiger partial charge in [0.1, 0.15) is 6.10 Å². The summed E-state index contributed by atoms with van der Waals surface area (Å²) in [7, 11) is 4.45. The van der Waals surface area contributed by atoms with Gasteiger partial charge >= 0.3 is 5.97 Å².